The number of carbonyl (C=O) groups excluding carboxylic acids is 8. The molecular weight excluding hydrogens is 1130 g/mol. The summed E-state index contributed by atoms with van der Waals surface area (Å²) in [5, 5.41) is 22.2. The molecule has 0 radical (unpaired) electrons. The van der Waals surface area contributed by atoms with Crippen molar-refractivity contribution < 1.29 is 66.5 Å². The monoisotopic (exact) mass is 1230 g/mol. The van der Waals surface area contributed by atoms with Gasteiger partial charge in [0.15, 0.2) is 0 Å². The van der Waals surface area contributed by atoms with E-state index in [4.69, 9.17) is 19.9 Å². The lowest BCUT2D eigenvalue weighted by Crippen LogP contribution is -2.64. The second-order valence-electron chi connectivity index (χ2n) is 24.4. The number of aliphatic hydroxyl groups excluding tert-OH is 1. The normalized spacial score (nSPS) is 15.2. The maximum absolute atomic E-state index is 15.3. The third-order valence-corrected chi connectivity index (χ3v) is 16.8. The number of Topliss-reactive ketones (excluding diaryl/α,β-unsaturated/α-hetero) is 1. The molecule has 2 aromatic carbocycles. The van der Waals surface area contributed by atoms with Crippen LogP contribution in [0.15, 0.2) is 60.8 Å². The molecule has 22 heteroatoms. The lowest BCUT2D eigenvalue weighted by molar-refractivity contribution is -0.143. The van der Waals surface area contributed by atoms with Gasteiger partial charge in [0.1, 0.15) is 47.9 Å². The number of nitrogens with zero attached hydrogens (tertiary/aromatic N) is 3. The van der Waals surface area contributed by atoms with E-state index in [9.17, 15) is 47.9 Å². The molecule has 490 valence electrons. The zero-order valence-electron chi connectivity index (χ0n) is 53.4. The van der Waals surface area contributed by atoms with Crippen LogP contribution in [0.25, 0.3) is 11.1 Å². The topological polar surface area (TPSA) is 270 Å². The van der Waals surface area contributed by atoms with Crippen LogP contribution >= 0.6 is 0 Å². The van der Waals surface area contributed by atoms with Crippen molar-refractivity contribution in [1.82, 2.24) is 35.6 Å². The number of likely N-dealkylation sites (tertiary alicyclic amines) is 1. The average molecular weight is 1240 g/mol. The van der Waals surface area contributed by atoms with Crippen molar-refractivity contribution >= 4 is 47.5 Å². The van der Waals surface area contributed by atoms with Crippen LogP contribution < -0.4 is 27.0 Å². The van der Waals surface area contributed by atoms with Crippen molar-refractivity contribution in [3.8, 4) is 11.1 Å². The molecule has 2 heterocycles. The molecule has 1 aromatic heterocycles. The predicted octanol–water partition coefficient (Wildman–Crippen LogP) is 7.11. The molecule has 4 rings (SSSR count). The van der Waals surface area contributed by atoms with Gasteiger partial charge in [0.05, 0.1) is 52.1 Å². The number of ketones is 1. The fraction of sp³-hybridized carbons (Fsp3) is 0.636. The lowest BCUT2D eigenvalue weighted by Gasteiger charge is -2.41. The molecular formula is C66H100F2N8O12. The molecule has 0 aliphatic carbocycles. The zero-order chi connectivity index (χ0) is 64.9. The smallest absolute Gasteiger partial charge is 0.248 e. The Morgan fingerprint density at radius 2 is 1.51 bits per heavy atom. The van der Waals surface area contributed by atoms with Gasteiger partial charge >= 0.3 is 0 Å². The molecule has 1 saturated heterocycles. The molecule has 1 aliphatic heterocycles. The first kappa shape index (κ1) is 74.0. The second kappa shape index (κ2) is 37.5. The number of nitrogens with two attached hydrogens (primary N) is 1. The number of benzene rings is 2. The van der Waals surface area contributed by atoms with Gasteiger partial charge in [-0.05, 0) is 92.7 Å². The number of hydrogen-bond donors (Lipinski definition) is 6. The summed E-state index contributed by atoms with van der Waals surface area (Å²) in [6, 6.07) is 11.5. The zero-order valence-corrected chi connectivity index (χ0v) is 53.4. The molecule has 20 nitrogen and oxygen atoms in total. The van der Waals surface area contributed by atoms with Crippen LogP contribution in [0.1, 0.15) is 163 Å². The van der Waals surface area contributed by atoms with Crippen molar-refractivity contribution in [1.29, 1.82) is 0 Å². The number of carbonyl (C=O) groups is 8. The van der Waals surface area contributed by atoms with E-state index < -0.39 is 83.3 Å². The molecule has 6 amide bonds. The number of amides is 6. The summed E-state index contributed by atoms with van der Waals surface area (Å²) < 4.78 is 48.5. The molecule has 1 fully saturated rings. The van der Waals surface area contributed by atoms with Crippen LogP contribution in [0.5, 0.6) is 0 Å². The van der Waals surface area contributed by atoms with E-state index in [1.54, 1.807) is 17.2 Å². The average Bonchev–Trinajstić information content (AvgIpc) is 3.32. The van der Waals surface area contributed by atoms with Gasteiger partial charge in [-0.2, -0.15) is 0 Å². The minimum atomic E-state index is -1.45. The van der Waals surface area contributed by atoms with Gasteiger partial charge in [-0.3, -0.25) is 33.6 Å². The number of hydrogen-bond acceptors (Lipinski definition) is 13. The van der Waals surface area contributed by atoms with Gasteiger partial charge < -0.3 is 65.5 Å². The third-order valence-electron chi connectivity index (χ3n) is 16.8. The third kappa shape index (κ3) is 23.2. The van der Waals surface area contributed by atoms with E-state index in [1.165, 1.54) is 4.90 Å². The first-order chi connectivity index (χ1) is 42.0. The summed E-state index contributed by atoms with van der Waals surface area (Å²) in [6.07, 6.45) is 8.69. The molecule has 5 atom stereocenters. The number of primary amides is 1. The molecule has 1 aliphatic rings. The number of nitrogens with one attached hydrogen (secondary N) is 4. The lowest BCUT2D eigenvalue weighted by atomic mass is 9.78. The van der Waals surface area contributed by atoms with E-state index in [2.05, 4.69) is 28.2 Å². The molecule has 88 heavy (non-hydrogen) atoms. The Morgan fingerprint density at radius 3 is 2.15 bits per heavy atom. The van der Waals surface area contributed by atoms with E-state index >= 15 is 4.39 Å². The second-order valence-corrected chi connectivity index (χ2v) is 24.4. The highest BCUT2D eigenvalue weighted by atomic mass is 19.1. The van der Waals surface area contributed by atoms with E-state index in [0.717, 1.165) is 62.2 Å². The van der Waals surface area contributed by atoms with Crippen LogP contribution in [0.2, 0.25) is 0 Å². The Kier molecular flexibility index (Phi) is 31.6. The summed E-state index contributed by atoms with van der Waals surface area (Å²) in [6.45, 7) is 17.4. The fourth-order valence-corrected chi connectivity index (χ4v) is 11.2. The van der Waals surface area contributed by atoms with E-state index in [0.29, 0.717) is 56.5 Å². The van der Waals surface area contributed by atoms with Crippen molar-refractivity contribution in [2.45, 2.75) is 175 Å². The Hall–Kier alpha value is -6.46. The van der Waals surface area contributed by atoms with Gasteiger partial charge in [-0.25, -0.2) is 8.78 Å². The SMILES string of the molecule is CCCCCC(C)[C@](C=O)(CNCCCN(C(=O)CO)[C@@H](c1cc(-c2cc(F)ccc2F)cn1Cc1ccccc1)C(C)(C)C)NC(=O)[C@@H]1CCCN1C(=O)[C@H](CC(N)=O)NC(=O)CCOCCOCCOCCNC(=O)CCCC(=O)C(C)(CC)CC. The van der Waals surface area contributed by atoms with Crippen LogP contribution in [0, 0.1) is 28.4 Å². The molecule has 1 unspecified atom stereocenters. The fourth-order valence-electron chi connectivity index (χ4n) is 11.2. The van der Waals surface area contributed by atoms with E-state index in [-0.39, 0.29) is 114 Å². The van der Waals surface area contributed by atoms with Crippen molar-refractivity contribution in [2.24, 2.45) is 22.5 Å². The maximum Gasteiger partial charge on any atom is 0.248 e. The highest BCUT2D eigenvalue weighted by Crippen LogP contribution is 2.41. The van der Waals surface area contributed by atoms with Gasteiger partial charge in [0, 0.05) is 80.4 Å². The Balaban J connectivity index is 1.34. The summed E-state index contributed by atoms with van der Waals surface area (Å²) in [4.78, 5) is 109. The summed E-state index contributed by atoms with van der Waals surface area (Å²) in [7, 11) is 0. The van der Waals surface area contributed by atoms with Crippen LogP contribution in [0.4, 0.5) is 8.78 Å². The standard InChI is InChI=1S/C66H100F2N8O12/c1-9-12-14-20-47(4)66(46-78,45-70-29-19-32-76(60(83)44-77)61(64(5,6)7)55-39-49(51-40-50(67)26-27-52(51)68)43-74(55)42-48-21-15-13-16-22-48)73-62(84)54-23-18-31-75(54)63(85)53(41-57(69)80)72-59(82)28-33-86-35-37-88-38-36-87-34-30-71-58(81)25-17-24-56(79)65(8,10-2)11-3/h13,15-16,21-22,26-27,39-40,43,46-47,53-54,61,70,77H,9-12,14,17-20,23-25,28-38,41-42,44-45H2,1-8H3,(H2,69,80)(H,71,81)(H,72,82)(H,73,84)/t47?,53-,54-,61-,66+/m0/s1. The summed E-state index contributed by atoms with van der Waals surface area (Å²) >= 11 is 0. The largest absolute Gasteiger partial charge is 0.387 e. The van der Waals surface area contributed by atoms with Gasteiger partial charge in [-0.15, -0.1) is 0 Å². The van der Waals surface area contributed by atoms with Crippen LogP contribution in [-0.2, 0) is 59.1 Å². The first-order valence-corrected chi connectivity index (χ1v) is 31.5. The number of aldehydes is 1. The molecule has 0 saturated carbocycles. The minimum absolute atomic E-state index is 0.00836. The Morgan fingerprint density at radius 1 is 0.830 bits per heavy atom. The highest BCUT2D eigenvalue weighted by molar-refractivity contribution is 5.96. The van der Waals surface area contributed by atoms with Crippen LogP contribution in [-0.4, -0.2) is 164 Å². The summed E-state index contributed by atoms with van der Waals surface area (Å²) in [5.74, 6) is -4.78. The quantitative estimate of drug-likeness (QED) is 0.0244. The van der Waals surface area contributed by atoms with Crippen molar-refractivity contribution in [2.75, 3.05) is 79.0 Å². The van der Waals surface area contributed by atoms with Gasteiger partial charge in [0.25, 0.3) is 0 Å². The Labute approximate surface area is 519 Å². The molecule has 0 bridgehead atoms. The Bertz CT molecular complexity index is 2700. The number of unbranched alkanes of at least 4 members (excludes halogenated alkanes) is 2. The molecule has 0 spiro atoms. The molecule has 3 aromatic rings. The van der Waals surface area contributed by atoms with Gasteiger partial charge in [0.2, 0.25) is 35.4 Å². The van der Waals surface area contributed by atoms with Crippen molar-refractivity contribution in [3.05, 3.63) is 83.7 Å². The highest BCUT2D eigenvalue weighted by Gasteiger charge is 2.44. The number of rotatable bonds is 43. The first-order valence-electron chi connectivity index (χ1n) is 31.5. The minimum Gasteiger partial charge on any atom is -0.387 e. The molecule has 7 N–H and O–H groups in total. The number of halogens is 2. The maximum atomic E-state index is 15.3. The predicted molar refractivity (Wildman–Crippen MR) is 332 cm³/mol. The van der Waals surface area contributed by atoms with Crippen LogP contribution in [0.3, 0.4) is 0 Å². The number of aliphatic hydroxyl groups is 1. The van der Waals surface area contributed by atoms with Gasteiger partial charge in [-0.1, -0.05) is 105 Å². The number of ether oxygens (including phenoxy) is 3. The number of aromatic nitrogens is 1. The van der Waals surface area contributed by atoms with Crippen molar-refractivity contribution in [3.63, 3.8) is 0 Å². The van der Waals surface area contributed by atoms with E-state index in [1.807, 2.05) is 83.4 Å². The summed E-state index contributed by atoms with van der Waals surface area (Å²) in [5.41, 5.74) is 5.17.